The van der Waals surface area contributed by atoms with Crippen LogP contribution in [0.4, 0.5) is 0 Å². The minimum absolute atomic E-state index is 0.153. The van der Waals surface area contributed by atoms with E-state index in [2.05, 4.69) is 36.0 Å². The standard InChI is InChI=1S/C22H21Cl3N4O/c1-12-6-5-7-14(8-12)30-11-13-9-17(24)15(10-16(13)23)20-26-21-18(25)19(22(2,3)4)27-29(21)28-20/h5-10,27H,11H2,1-4H3. The monoisotopic (exact) mass is 462 g/mol. The number of nitrogens with one attached hydrogen (secondary N) is 1. The van der Waals surface area contributed by atoms with Crippen LogP contribution in [0.5, 0.6) is 5.75 Å². The highest BCUT2D eigenvalue weighted by Crippen LogP contribution is 2.35. The van der Waals surface area contributed by atoms with Crippen molar-refractivity contribution in [2.24, 2.45) is 0 Å². The van der Waals surface area contributed by atoms with Gasteiger partial charge in [0.15, 0.2) is 11.5 Å². The van der Waals surface area contributed by atoms with Crippen LogP contribution in [0.15, 0.2) is 36.4 Å². The largest absolute Gasteiger partial charge is 0.489 e. The first-order valence-electron chi connectivity index (χ1n) is 9.46. The van der Waals surface area contributed by atoms with E-state index in [4.69, 9.17) is 39.5 Å². The number of aryl methyl sites for hydroxylation is 1. The number of hydrogen-bond acceptors (Lipinski definition) is 3. The van der Waals surface area contributed by atoms with Gasteiger partial charge in [0, 0.05) is 21.6 Å². The van der Waals surface area contributed by atoms with Crippen molar-refractivity contribution in [2.75, 3.05) is 0 Å². The zero-order valence-corrected chi connectivity index (χ0v) is 19.3. The lowest BCUT2D eigenvalue weighted by atomic mass is 9.92. The molecule has 0 spiro atoms. The predicted octanol–water partition coefficient (Wildman–Crippen LogP) is 6.87. The SMILES string of the molecule is Cc1cccc(OCc2cc(Cl)c(-c3nc4c(Cl)c(C(C)(C)C)[nH]n4n3)cc2Cl)c1. The van der Waals surface area contributed by atoms with Gasteiger partial charge in [0.25, 0.3) is 0 Å². The lowest BCUT2D eigenvalue weighted by molar-refractivity contribution is 0.306. The summed E-state index contributed by atoms with van der Waals surface area (Å²) >= 11 is 19.6. The number of nitrogens with zero attached hydrogens (tertiary/aromatic N) is 3. The summed E-state index contributed by atoms with van der Waals surface area (Å²) in [5.74, 6) is 1.22. The van der Waals surface area contributed by atoms with E-state index >= 15 is 0 Å². The van der Waals surface area contributed by atoms with Crippen LogP contribution >= 0.6 is 34.8 Å². The van der Waals surface area contributed by atoms with Crippen molar-refractivity contribution >= 4 is 40.4 Å². The Kier molecular flexibility index (Phi) is 5.47. The Morgan fingerprint density at radius 3 is 2.50 bits per heavy atom. The van der Waals surface area contributed by atoms with Crippen molar-refractivity contribution in [3.05, 3.63) is 68.3 Å². The summed E-state index contributed by atoms with van der Waals surface area (Å²) < 4.78 is 7.42. The Morgan fingerprint density at radius 2 is 1.83 bits per heavy atom. The highest BCUT2D eigenvalue weighted by Gasteiger charge is 2.25. The van der Waals surface area contributed by atoms with E-state index < -0.39 is 0 Å². The smallest absolute Gasteiger partial charge is 0.194 e. The molecule has 4 rings (SSSR count). The van der Waals surface area contributed by atoms with Crippen molar-refractivity contribution in [2.45, 2.75) is 39.7 Å². The third kappa shape index (κ3) is 4.02. The van der Waals surface area contributed by atoms with Crippen molar-refractivity contribution < 1.29 is 4.74 Å². The van der Waals surface area contributed by atoms with Crippen LogP contribution in [-0.4, -0.2) is 19.8 Å². The molecular formula is C22H21Cl3N4O. The van der Waals surface area contributed by atoms with Crippen LogP contribution in [0, 0.1) is 6.92 Å². The topological polar surface area (TPSA) is 55.2 Å². The third-order valence-electron chi connectivity index (χ3n) is 4.75. The molecule has 0 radical (unpaired) electrons. The summed E-state index contributed by atoms with van der Waals surface area (Å²) in [5, 5.41) is 9.27. The molecule has 0 saturated heterocycles. The molecular weight excluding hydrogens is 443 g/mol. The van der Waals surface area contributed by atoms with Gasteiger partial charge in [0.2, 0.25) is 0 Å². The molecule has 0 amide bonds. The molecule has 0 fully saturated rings. The molecule has 4 aromatic rings. The fraction of sp³-hybridized carbons (Fsp3) is 0.273. The van der Waals surface area contributed by atoms with Gasteiger partial charge in [-0.1, -0.05) is 67.7 Å². The number of aromatic nitrogens is 4. The van der Waals surface area contributed by atoms with Gasteiger partial charge in [0.1, 0.15) is 17.4 Å². The fourth-order valence-electron chi connectivity index (χ4n) is 3.15. The first kappa shape index (κ1) is 21.0. The number of halogens is 3. The number of benzene rings is 2. The van der Waals surface area contributed by atoms with Crippen molar-refractivity contribution in [3.8, 4) is 17.1 Å². The summed E-state index contributed by atoms with van der Waals surface area (Å²) in [6, 6.07) is 11.4. The number of H-pyrrole nitrogens is 1. The number of ether oxygens (including phenoxy) is 1. The van der Waals surface area contributed by atoms with Crippen LogP contribution in [0.25, 0.3) is 17.0 Å². The molecule has 0 aliphatic rings. The molecule has 0 bridgehead atoms. The molecule has 30 heavy (non-hydrogen) atoms. The Morgan fingerprint density at radius 1 is 1.07 bits per heavy atom. The van der Waals surface area contributed by atoms with Crippen LogP contribution in [-0.2, 0) is 12.0 Å². The van der Waals surface area contributed by atoms with E-state index in [1.54, 1.807) is 16.8 Å². The highest BCUT2D eigenvalue weighted by atomic mass is 35.5. The quantitative estimate of drug-likeness (QED) is 0.359. The molecule has 1 N–H and O–H groups in total. The van der Waals surface area contributed by atoms with E-state index in [-0.39, 0.29) is 5.41 Å². The maximum Gasteiger partial charge on any atom is 0.194 e. The van der Waals surface area contributed by atoms with Crippen LogP contribution in [0.2, 0.25) is 15.1 Å². The van der Waals surface area contributed by atoms with Crippen molar-refractivity contribution in [3.63, 3.8) is 0 Å². The molecule has 5 nitrogen and oxygen atoms in total. The second kappa shape index (κ2) is 7.80. The van der Waals surface area contributed by atoms with E-state index in [0.29, 0.717) is 38.7 Å². The summed E-state index contributed by atoms with van der Waals surface area (Å²) in [6.07, 6.45) is 0. The lowest BCUT2D eigenvalue weighted by Crippen LogP contribution is -2.13. The van der Waals surface area contributed by atoms with E-state index in [9.17, 15) is 0 Å². The zero-order chi connectivity index (χ0) is 21.6. The van der Waals surface area contributed by atoms with Gasteiger partial charge in [0.05, 0.1) is 10.7 Å². The molecule has 8 heteroatoms. The number of fused-ring (bicyclic) bond motifs is 1. The van der Waals surface area contributed by atoms with Gasteiger partial charge in [-0.15, -0.1) is 5.10 Å². The maximum atomic E-state index is 6.53. The Bertz CT molecular complexity index is 1240. The van der Waals surface area contributed by atoms with Gasteiger partial charge >= 0.3 is 0 Å². The summed E-state index contributed by atoms with van der Waals surface area (Å²) in [4.78, 5) is 4.57. The van der Waals surface area contributed by atoms with Gasteiger partial charge in [-0.2, -0.15) is 4.63 Å². The average molecular weight is 464 g/mol. The first-order valence-corrected chi connectivity index (χ1v) is 10.6. The van der Waals surface area contributed by atoms with Crippen LogP contribution in [0.1, 0.15) is 37.6 Å². The van der Waals surface area contributed by atoms with Crippen molar-refractivity contribution in [1.82, 2.24) is 19.8 Å². The second-order valence-electron chi connectivity index (χ2n) is 8.25. The van der Waals surface area contributed by atoms with Gasteiger partial charge in [-0.25, -0.2) is 4.98 Å². The van der Waals surface area contributed by atoms with Gasteiger partial charge < -0.3 is 4.74 Å². The molecule has 0 unspecified atom stereocenters. The fourth-order valence-corrected chi connectivity index (χ4v) is 4.08. The second-order valence-corrected chi connectivity index (χ2v) is 9.44. The van der Waals surface area contributed by atoms with E-state index in [1.807, 2.05) is 31.2 Å². The predicted molar refractivity (Wildman–Crippen MR) is 122 cm³/mol. The summed E-state index contributed by atoms with van der Waals surface area (Å²) in [7, 11) is 0. The normalized spacial score (nSPS) is 12.0. The summed E-state index contributed by atoms with van der Waals surface area (Å²) in [6.45, 7) is 8.53. The minimum Gasteiger partial charge on any atom is -0.489 e. The minimum atomic E-state index is -0.153. The molecule has 156 valence electrons. The van der Waals surface area contributed by atoms with Crippen molar-refractivity contribution in [1.29, 1.82) is 0 Å². The number of hydrogen-bond donors (Lipinski definition) is 1. The van der Waals surface area contributed by atoms with E-state index in [0.717, 1.165) is 22.6 Å². The van der Waals surface area contributed by atoms with E-state index in [1.165, 1.54) is 0 Å². The van der Waals surface area contributed by atoms with Gasteiger partial charge in [-0.3, -0.25) is 5.10 Å². The highest BCUT2D eigenvalue weighted by molar-refractivity contribution is 6.36. The Labute approximate surface area is 189 Å². The molecule has 0 saturated carbocycles. The maximum absolute atomic E-state index is 6.53. The molecule has 2 aromatic carbocycles. The average Bonchev–Trinajstić information content (AvgIpc) is 3.21. The van der Waals surface area contributed by atoms with Crippen LogP contribution < -0.4 is 4.74 Å². The molecule has 0 atom stereocenters. The van der Waals surface area contributed by atoms with Gasteiger partial charge in [-0.05, 0) is 36.8 Å². The first-order chi connectivity index (χ1) is 14.1. The van der Waals surface area contributed by atoms with Crippen LogP contribution in [0.3, 0.4) is 0 Å². The molecule has 2 heterocycles. The molecule has 0 aliphatic heterocycles. The lowest BCUT2D eigenvalue weighted by Gasteiger charge is -2.16. The molecule has 2 aromatic heterocycles. The number of aromatic amines is 1. The Hall–Kier alpha value is -2.21. The molecule has 0 aliphatic carbocycles. The Balaban J connectivity index is 1.63. The number of rotatable bonds is 4. The summed E-state index contributed by atoms with van der Waals surface area (Å²) in [5.41, 5.74) is 3.81. The third-order valence-corrected chi connectivity index (χ3v) is 5.77. The zero-order valence-electron chi connectivity index (χ0n) is 17.1.